The Balaban J connectivity index is 1.64. The molecule has 1 saturated heterocycles. The van der Waals surface area contributed by atoms with E-state index in [2.05, 4.69) is 4.90 Å². The van der Waals surface area contributed by atoms with Gasteiger partial charge in [0.1, 0.15) is 5.82 Å². The average molecular weight is 331 g/mol. The van der Waals surface area contributed by atoms with Crippen LogP contribution in [-0.4, -0.2) is 48.4 Å². The SMILES string of the molecule is O=C(c1cc(F)c(Cl)cc1Cl)N1CCN(CC2CC2)CC1. The van der Waals surface area contributed by atoms with E-state index in [1.165, 1.54) is 18.9 Å². The highest BCUT2D eigenvalue weighted by Crippen LogP contribution is 2.30. The Hall–Kier alpha value is -0.840. The van der Waals surface area contributed by atoms with Gasteiger partial charge >= 0.3 is 0 Å². The molecule has 1 aliphatic carbocycles. The van der Waals surface area contributed by atoms with Crippen molar-refractivity contribution in [1.82, 2.24) is 9.80 Å². The van der Waals surface area contributed by atoms with E-state index in [1.54, 1.807) is 4.90 Å². The molecule has 2 aliphatic rings. The molecule has 1 aromatic carbocycles. The Morgan fingerprint density at radius 2 is 1.81 bits per heavy atom. The quantitative estimate of drug-likeness (QED) is 0.794. The van der Waals surface area contributed by atoms with Gasteiger partial charge in [-0.2, -0.15) is 0 Å². The molecule has 0 spiro atoms. The molecule has 0 atom stereocenters. The minimum atomic E-state index is -0.614. The summed E-state index contributed by atoms with van der Waals surface area (Å²) in [6.45, 7) is 4.20. The maximum atomic E-state index is 13.5. The normalized spacial score (nSPS) is 19.9. The molecule has 0 unspecified atom stereocenters. The number of halogens is 3. The van der Waals surface area contributed by atoms with E-state index < -0.39 is 5.82 Å². The zero-order chi connectivity index (χ0) is 15.0. The predicted molar refractivity (Wildman–Crippen MR) is 81.5 cm³/mol. The molecule has 3 nitrogen and oxygen atoms in total. The highest BCUT2D eigenvalue weighted by atomic mass is 35.5. The van der Waals surface area contributed by atoms with E-state index in [1.807, 2.05) is 0 Å². The molecule has 6 heteroatoms. The summed E-state index contributed by atoms with van der Waals surface area (Å²) >= 11 is 11.7. The van der Waals surface area contributed by atoms with Crippen molar-refractivity contribution < 1.29 is 9.18 Å². The molecular weight excluding hydrogens is 314 g/mol. The molecule has 0 bridgehead atoms. The lowest BCUT2D eigenvalue weighted by Crippen LogP contribution is -2.49. The summed E-state index contributed by atoms with van der Waals surface area (Å²) in [6.07, 6.45) is 2.66. The fraction of sp³-hybridized carbons (Fsp3) is 0.533. The number of carbonyl (C=O) groups excluding carboxylic acids is 1. The fourth-order valence-corrected chi connectivity index (χ4v) is 3.12. The van der Waals surface area contributed by atoms with Crippen LogP contribution >= 0.6 is 23.2 Å². The van der Waals surface area contributed by atoms with Gasteiger partial charge in [0.2, 0.25) is 0 Å². The van der Waals surface area contributed by atoms with Crippen LogP contribution in [0.5, 0.6) is 0 Å². The van der Waals surface area contributed by atoms with Crippen LogP contribution in [0.15, 0.2) is 12.1 Å². The van der Waals surface area contributed by atoms with Gasteiger partial charge in [-0.25, -0.2) is 4.39 Å². The van der Waals surface area contributed by atoms with E-state index in [-0.39, 0.29) is 21.5 Å². The van der Waals surface area contributed by atoms with Gasteiger partial charge in [-0.1, -0.05) is 23.2 Å². The third kappa shape index (κ3) is 3.50. The maximum Gasteiger partial charge on any atom is 0.255 e. The van der Waals surface area contributed by atoms with Crippen LogP contribution in [0.4, 0.5) is 4.39 Å². The Labute approximate surface area is 133 Å². The third-order valence-electron chi connectivity index (χ3n) is 4.11. The van der Waals surface area contributed by atoms with Gasteiger partial charge in [0.15, 0.2) is 0 Å². The number of piperazine rings is 1. The maximum absolute atomic E-state index is 13.5. The van der Waals surface area contributed by atoms with Crippen LogP contribution < -0.4 is 0 Å². The Bertz CT molecular complexity index is 555. The van der Waals surface area contributed by atoms with Crippen molar-refractivity contribution in [3.05, 3.63) is 33.6 Å². The lowest BCUT2D eigenvalue weighted by atomic mass is 10.1. The summed E-state index contributed by atoms with van der Waals surface area (Å²) in [5.41, 5.74) is 0.189. The lowest BCUT2D eigenvalue weighted by Gasteiger charge is -2.35. The first-order valence-corrected chi connectivity index (χ1v) is 7.96. The molecule has 21 heavy (non-hydrogen) atoms. The molecule has 0 aromatic heterocycles. The number of amides is 1. The molecule has 1 saturated carbocycles. The van der Waals surface area contributed by atoms with Crippen LogP contribution in [0.25, 0.3) is 0 Å². The zero-order valence-electron chi connectivity index (χ0n) is 11.6. The van der Waals surface area contributed by atoms with Crippen molar-refractivity contribution in [2.45, 2.75) is 12.8 Å². The highest BCUT2D eigenvalue weighted by Gasteiger charge is 2.28. The number of hydrogen-bond donors (Lipinski definition) is 0. The van der Waals surface area contributed by atoms with Crippen molar-refractivity contribution >= 4 is 29.1 Å². The smallest absolute Gasteiger partial charge is 0.255 e. The number of carbonyl (C=O) groups is 1. The third-order valence-corrected chi connectivity index (χ3v) is 4.72. The molecule has 1 heterocycles. The summed E-state index contributed by atoms with van der Waals surface area (Å²) in [5, 5.41) is 0.137. The van der Waals surface area contributed by atoms with Gasteiger partial charge in [-0.05, 0) is 30.9 Å². The van der Waals surface area contributed by atoms with Gasteiger partial charge in [0, 0.05) is 32.7 Å². The number of rotatable bonds is 3. The fourth-order valence-electron chi connectivity index (χ4n) is 2.66. The van der Waals surface area contributed by atoms with E-state index in [0.29, 0.717) is 13.1 Å². The van der Waals surface area contributed by atoms with Crippen molar-refractivity contribution in [3.63, 3.8) is 0 Å². The molecule has 2 fully saturated rings. The largest absolute Gasteiger partial charge is 0.336 e. The van der Waals surface area contributed by atoms with E-state index in [4.69, 9.17) is 23.2 Å². The molecule has 114 valence electrons. The van der Waals surface area contributed by atoms with E-state index in [0.717, 1.165) is 31.6 Å². The highest BCUT2D eigenvalue weighted by molar-refractivity contribution is 6.36. The van der Waals surface area contributed by atoms with Crippen LogP contribution in [0.1, 0.15) is 23.2 Å². The minimum absolute atomic E-state index is 0.0641. The van der Waals surface area contributed by atoms with Crippen LogP contribution in [0.3, 0.4) is 0 Å². The van der Waals surface area contributed by atoms with Crippen molar-refractivity contribution in [2.24, 2.45) is 5.92 Å². The van der Waals surface area contributed by atoms with Crippen LogP contribution in [0.2, 0.25) is 10.0 Å². The Morgan fingerprint density at radius 1 is 1.14 bits per heavy atom. The standard InChI is InChI=1S/C15H17Cl2FN2O/c16-12-8-13(17)14(18)7-11(12)15(21)20-5-3-19(4-6-20)9-10-1-2-10/h7-8,10H,1-6,9H2. The first-order chi connectivity index (χ1) is 10.0. The number of benzene rings is 1. The second kappa shape index (κ2) is 6.11. The van der Waals surface area contributed by atoms with Gasteiger partial charge < -0.3 is 4.90 Å². The summed E-state index contributed by atoms with van der Waals surface area (Å²) in [4.78, 5) is 16.6. The van der Waals surface area contributed by atoms with Crippen LogP contribution in [0, 0.1) is 11.7 Å². The van der Waals surface area contributed by atoms with Crippen molar-refractivity contribution in [3.8, 4) is 0 Å². The summed E-state index contributed by atoms with van der Waals surface area (Å²) < 4.78 is 13.5. The summed E-state index contributed by atoms with van der Waals surface area (Å²) in [6, 6.07) is 2.42. The first kappa shape index (κ1) is 15.1. The van der Waals surface area contributed by atoms with E-state index in [9.17, 15) is 9.18 Å². The molecule has 0 radical (unpaired) electrons. The zero-order valence-corrected chi connectivity index (χ0v) is 13.1. The predicted octanol–water partition coefficient (Wildman–Crippen LogP) is 3.30. The molecular formula is C15H17Cl2FN2O. The van der Waals surface area contributed by atoms with Crippen LogP contribution in [-0.2, 0) is 0 Å². The topological polar surface area (TPSA) is 23.6 Å². The van der Waals surface area contributed by atoms with Gasteiger partial charge in [-0.15, -0.1) is 0 Å². The van der Waals surface area contributed by atoms with E-state index >= 15 is 0 Å². The van der Waals surface area contributed by atoms with Gasteiger partial charge in [0.05, 0.1) is 15.6 Å². The molecule has 1 aromatic rings. The molecule has 3 rings (SSSR count). The van der Waals surface area contributed by atoms with Crippen molar-refractivity contribution in [2.75, 3.05) is 32.7 Å². The van der Waals surface area contributed by atoms with Gasteiger partial charge in [-0.3, -0.25) is 9.69 Å². The summed E-state index contributed by atoms with van der Waals surface area (Å²) in [5.74, 6) is 0.0190. The second-order valence-electron chi connectivity index (χ2n) is 5.78. The molecule has 1 amide bonds. The molecule has 1 aliphatic heterocycles. The minimum Gasteiger partial charge on any atom is -0.336 e. The second-order valence-corrected chi connectivity index (χ2v) is 6.60. The monoisotopic (exact) mass is 330 g/mol. The van der Waals surface area contributed by atoms with Crippen molar-refractivity contribution in [1.29, 1.82) is 0 Å². The van der Waals surface area contributed by atoms with Gasteiger partial charge in [0.25, 0.3) is 5.91 Å². The Morgan fingerprint density at radius 3 is 2.43 bits per heavy atom. The number of hydrogen-bond acceptors (Lipinski definition) is 2. The first-order valence-electron chi connectivity index (χ1n) is 7.21. The molecule has 0 N–H and O–H groups in total. The Kier molecular flexibility index (Phi) is 4.38. The lowest BCUT2D eigenvalue weighted by molar-refractivity contribution is 0.0631. The summed E-state index contributed by atoms with van der Waals surface area (Å²) in [7, 11) is 0. The average Bonchev–Trinajstić information content (AvgIpc) is 3.27. The number of nitrogens with zero attached hydrogens (tertiary/aromatic N) is 2.